The van der Waals surface area contributed by atoms with Crippen molar-refractivity contribution in [1.82, 2.24) is 9.13 Å². The van der Waals surface area contributed by atoms with Crippen LogP contribution in [0.25, 0.3) is 77.2 Å². The molecule has 13 aromatic rings. The van der Waals surface area contributed by atoms with Gasteiger partial charge in [0.2, 0.25) is 0 Å². The standard InChI is InChI=1S/C72H59BN4Si2/c1-78(2,3)68-40-19-17-36-64(68)76-62-44-42-50(74-60-34-15-13-28-54(60)56-32-21-30-52(71(56)74)48-24-9-7-10-25-48)46-58(62)73-59-47-51(75-61-35-16-14-29-55(61)57-33-22-31-53(72(57)75)49-26-11-8-12-27-49)43-45-63(59)77(67-39-23-38-66(76)70(67)73)65-37-18-20-41-69(65)79(4,5)6/h7-47H,1-6H3. The molecule has 0 spiro atoms. The number of rotatable bonds is 8. The smallest absolute Gasteiger partial charge is 0.252 e. The Bertz CT molecular complexity index is 4310. The van der Waals surface area contributed by atoms with Gasteiger partial charge < -0.3 is 18.9 Å². The SMILES string of the molecule is C[Si](C)(C)c1ccccc1N1c2ccc(-n3c4ccccc4c4cccc(-c5ccccc5)c43)cc2B2c3cc(-n4c5ccccc5c5cccc(-c6ccccc6)c54)ccc3N(c3ccccc3[Si](C)(C)C)c3cccc1c32. The summed E-state index contributed by atoms with van der Waals surface area (Å²) in [6.07, 6.45) is 0. The molecule has 0 aliphatic carbocycles. The van der Waals surface area contributed by atoms with Gasteiger partial charge in [-0.15, -0.1) is 0 Å². The first kappa shape index (κ1) is 47.3. The van der Waals surface area contributed by atoms with Crippen LogP contribution < -0.4 is 36.6 Å². The molecule has 2 aromatic heterocycles. The molecule has 7 heteroatoms. The van der Waals surface area contributed by atoms with Crippen molar-refractivity contribution in [3.05, 3.63) is 249 Å². The van der Waals surface area contributed by atoms with Crippen LogP contribution in [0.2, 0.25) is 39.3 Å². The lowest BCUT2D eigenvalue weighted by Gasteiger charge is -2.45. The summed E-state index contributed by atoms with van der Waals surface area (Å²) < 4.78 is 5.10. The average molecular weight is 1050 g/mol. The van der Waals surface area contributed by atoms with E-state index in [1.54, 1.807) is 0 Å². The maximum absolute atomic E-state index is 2.64. The van der Waals surface area contributed by atoms with Crippen molar-refractivity contribution in [3.8, 4) is 33.6 Å². The van der Waals surface area contributed by atoms with Gasteiger partial charge in [0.15, 0.2) is 0 Å². The van der Waals surface area contributed by atoms with Crippen LogP contribution in [0.3, 0.4) is 0 Å². The Morgan fingerprint density at radius 2 is 0.671 bits per heavy atom. The molecule has 0 amide bonds. The topological polar surface area (TPSA) is 16.3 Å². The van der Waals surface area contributed by atoms with Crippen LogP contribution in [0, 0.1) is 0 Å². The third-order valence-electron chi connectivity index (χ3n) is 16.9. The summed E-state index contributed by atoms with van der Waals surface area (Å²) in [6.45, 7) is 14.8. The Morgan fingerprint density at radius 1 is 0.304 bits per heavy atom. The molecule has 4 heterocycles. The van der Waals surface area contributed by atoms with Crippen molar-refractivity contribution in [2.24, 2.45) is 0 Å². The highest BCUT2D eigenvalue weighted by Gasteiger charge is 2.45. The summed E-state index contributed by atoms with van der Waals surface area (Å²) in [5, 5.41) is 7.87. The third-order valence-corrected chi connectivity index (χ3v) is 21.0. The summed E-state index contributed by atoms with van der Waals surface area (Å²) in [5.74, 6) is 0. The molecule has 0 N–H and O–H groups in total. The second-order valence-electron chi connectivity index (χ2n) is 23.7. The van der Waals surface area contributed by atoms with E-state index in [2.05, 4.69) is 307 Å². The molecule has 0 saturated carbocycles. The van der Waals surface area contributed by atoms with Gasteiger partial charge in [0.1, 0.15) is 0 Å². The Labute approximate surface area is 465 Å². The lowest BCUT2D eigenvalue weighted by Crippen LogP contribution is -2.62. The van der Waals surface area contributed by atoms with Gasteiger partial charge in [-0.3, -0.25) is 0 Å². The fourth-order valence-corrected chi connectivity index (χ4v) is 16.7. The number of aromatic nitrogens is 2. The Morgan fingerprint density at radius 3 is 1.11 bits per heavy atom. The van der Waals surface area contributed by atoms with E-state index in [1.165, 1.54) is 127 Å². The van der Waals surface area contributed by atoms with Crippen LogP contribution in [-0.4, -0.2) is 32.0 Å². The van der Waals surface area contributed by atoms with E-state index in [1.807, 2.05) is 0 Å². The average Bonchev–Trinajstić information content (AvgIpc) is 2.81. The van der Waals surface area contributed by atoms with E-state index in [0.29, 0.717) is 0 Å². The predicted octanol–water partition coefficient (Wildman–Crippen LogP) is 16.4. The number of hydrogen-bond acceptors (Lipinski definition) is 2. The highest BCUT2D eigenvalue weighted by atomic mass is 28.3. The van der Waals surface area contributed by atoms with Crippen LogP contribution in [0.1, 0.15) is 0 Å². The number of anilines is 6. The maximum atomic E-state index is 2.64. The molecule has 11 aromatic carbocycles. The first-order valence-electron chi connectivity index (χ1n) is 27.9. The second kappa shape index (κ2) is 17.8. The van der Waals surface area contributed by atoms with Crippen LogP contribution >= 0.6 is 0 Å². The minimum atomic E-state index is -1.90. The van der Waals surface area contributed by atoms with Crippen molar-refractivity contribution < 1.29 is 0 Å². The number of para-hydroxylation sites is 6. The van der Waals surface area contributed by atoms with Crippen molar-refractivity contribution in [3.63, 3.8) is 0 Å². The molecular formula is C72H59BN4Si2. The summed E-state index contributed by atoms with van der Waals surface area (Å²) in [6, 6.07) is 93.9. The fourth-order valence-electron chi connectivity index (χ4n) is 13.6. The van der Waals surface area contributed by atoms with Gasteiger partial charge in [0.05, 0.1) is 38.2 Å². The molecule has 4 nitrogen and oxygen atoms in total. The minimum absolute atomic E-state index is 0.134. The number of benzene rings is 11. The first-order valence-corrected chi connectivity index (χ1v) is 34.9. The second-order valence-corrected chi connectivity index (χ2v) is 33.8. The van der Waals surface area contributed by atoms with Gasteiger partial charge in [-0.05, 0) is 111 Å². The van der Waals surface area contributed by atoms with E-state index in [9.17, 15) is 0 Å². The highest BCUT2D eigenvalue weighted by Crippen LogP contribution is 2.47. The first-order chi connectivity index (χ1) is 38.5. The largest absolute Gasteiger partial charge is 0.312 e. The third kappa shape index (κ3) is 7.26. The van der Waals surface area contributed by atoms with Gasteiger partial charge in [-0.25, -0.2) is 0 Å². The van der Waals surface area contributed by atoms with E-state index >= 15 is 0 Å². The highest BCUT2D eigenvalue weighted by molar-refractivity contribution is 7.00. The normalized spacial score (nSPS) is 13.1. The molecule has 0 atom stereocenters. The lowest BCUT2D eigenvalue weighted by atomic mass is 9.33. The van der Waals surface area contributed by atoms with E-state index in [4.69, 9.17) is 0 Å². The monoisotopic (exact) mass is 1050 g/mol. The van der Waals surface area contributed by atoms with Crippen LogP contribution in [0.15, 0.2) is 249 Å². The van der Waals surface area contributed by atoms with Crippen molar-refractivity contribution >= 4 is 127 Å². The molecule has 0 fully saturated rings. The van der Waals surface area contributed by atoms with Gasteiger partial charge in [-0.2, -0.15) is 0 Å². The zero-order valence-corrected chi connectivity index (χ0v) is 47.5. The predicted molar refractivity (Wildman–Crippen MR) is 346 cm³/mol. The van der Waals surface area contributed by atoms with Crippen molar-refractivity contribution in [2.75, 3.05) is 9.80 Å². The fraction of sp³-hybridized carbons (Fsp3) is 0.0833. The molecule has 79 heavy (non-hydrogen) atoms. The van der Waals surface area contributed by atoms with Crippen LogP contribution in [0.5, 0.6) is 0 Å². The van der Waals surface area contributed by atoms with E-state index in [-0.39, 0.29) is 6.71 Å². The summed E-state index contributed by atoms with van der Waals surface area (Å²) in [5.41, 5.74) is 23.3. The van der Waals surface area contributed by atoms with Gasteiger partial charge in [-0.1, -0.05) is 215 Å². The molecule has 2 aliphatic rings. The lowest BCUT2D eigenvalue weighted by molar-refractivity contribution is 1.17. The zero-order valence-electron chi connectivity index (χ0n) is 45.5. The van der Waals surface area contributed by atoms with Gasteiger partial charge >= 0.3 is 0 Å². The van der Waals surface area contributed by atoms with E-state index < -0.39 is 16.1 Å². The summed E-state index contributed by atoms with van der Waals surface area (Å²) in [7, 11) is -3.81. The molecule has 0 unspecified atom stereocenters. The zero-order chi connectivity index (χ0) is 53.3. The molecule has 378 valence electrons. The molecule has 15 rings (SSSR count). The van der Waals surface area contributed by atoms with Crippen molar-refractivity contribution in [2.45, 2.75) is 39.3 Å². The number of hydrogen-bond donors (Lipinski definition) is 0. The molecule has 2 aliphatic heterocycles. The molecule has 0 radical (unpaired) electrons. The van der Waals surface area contributed by atoms with Gasteiger partial charge in [0.25, 0.3) is 6.71 Å². The van der Waals surface area contributed by atoms with E-state index in [0.717, 1.165) is 11.4 Å². The summed E-state index contributed by atoms with van der Waals surface area (Å²) in [4.78, 5) is 5.28. The van der Waals surface area contributed by atoms with Crippen molar-refractivity contribution in [1.29, 1.82) is 0 Å². The quantitative estimate of drug-likeness (QED) is 0.141. The van der Waals surface area contributed by atoms with Gasteiger partial charge in [0, 0.05) is 78.2 Å². The number of fused-ring (bicyclic) bond motifs is 10. The molecular weight excluding hydrogens is 988 g/mol. The van der Waals surface area contributed by atoms with Crippen LogP contribution in [-0.2, 0) is 0 Å². The number of nitrogens with zero attached hydrogens (tertiary/aromatic N) is 4. The van der Waals surface area contributed by atoms with Crippen LogP contribution in [0.4, 0.5) is 34.1 Å². The Balaban J connectivity index is 1.08. The maximum Gasteiger partial charge on any atom is 0.252 e. The Hall–Kier alpha value is -8.88. The Kier molecular flexibility index (Phi) is 10.7. The minimum Gasteiger partial charge on any atom is -0.312 e. The molecule has 0 bridgehead atoms. The molecule has 0 saturated heterocycles. The summed E-state index contributed by atoms with van der Waals surface area (Å²) >= 11 is 0.